The number of carboxylic acid groups (broad SMARTS) is 1. The quantitative estimate of drug-likeness (QED) is 0.848. The van der Waals surface area contributed by atoms with Gasteiger partial charge in [0, 0.05) is 26.3 Å². The topological polar surface area (TPSA) is 66.8 Å². The van der Waals surface area contributed by atoms with Gasteiger partial charge in [0.15, 0.2) is 0 Å². The minimum absolute atomic E-state index is 0.0689. The first-order chi connectivity index (χ1) is 10.1. The molecule has 2 rings (SSSR count). The molecule has 1 aromatic rings. The van der Waals surface area contributed by atoms with Crippen molar-refractivity contribution in [2.75, 3.05) is 26.8 Å². The summed E-state index contributed by atoms with van der Waals surface area (Å²) < 4.78 is 5.43. The van der Waals surface area contributed by atoms with E-state index >= 15 is 0 Å². The molecule has 0 bridgehead atoms. The number of amides is 1. The molecule has 0 spiro atoms. The molecule has 0 aromatic carbocycles. The predicted octanol–water partition coefficient (Wildman–Crippen LogP) is 2.34. The maximum absolute atomic E-state index is 12.5. The Balaban J connectivity index is 2.01. The van der Waals surface area contributed by atoms with Crippen molar-refractivity contribution in [3.05, 3.63) is 28.0 Å². The molecule has 1 amide bonds. The van der Waals surface area contributed by atoms with E-state index in [0.717, 1.165) is 25.5 Å². The molecule has 1 aromatic heterocycles. The third kappa shape index (κ3) is 4.41. The van der Waals surface area contributed by atoms with Gasteiger partial charge in [0.2, 0.25) is 0 Å². The molecule has 1 fully saturated rings. The van der Waals surface area contributed by atoms with Gasteiger partial charge in [-0.2, -0.15) is 0 Å². The average Bonchev–Trinajstić information content (AvgIpc) is 2.93. The van der Waals surface area contributed by atoms with Crippen LogP contribution in [0.2, 0.25) is 0 Å². The third-order valence-corrected chi connectivity index (χ3v) is 4.35. The first-order valence-corrected chi connectivity index (χ1v) is 7.77. The van der Waals surface area contributed by atoms with Crippen LogP contribution in [0.25, 0.3) is 6.08 Å². The molecule has 1 saturated heterocycles. The van der Waals surface area contributed by atoms with E-state index in [-0.39, 0.29) is 5.91 Å². The van der Waals surface area contributed by atoms with Crippen LogP contribution in [0.1, 0.15) is 28.1 Å². The van der Waals surface area contributed by atoms with Gasteiger partial charge in [-0.1, -0.05) is 0 Å². The zero-order valence-electron chi connectivity index (χ0n) is 11.9. The lowest BCUT2D eigenvalue weighted by Gasteiger charge is -2.27. The molecule has 1 aliphatic rings. The van der Waals surface area contributed by atoms with Crippen molar-refractivity contribution in [2.24, 2.45) is 5.92 Å². The van der Waals surface area contributed by atoms with Crippen molar-refractivity contribution in [3.8, 4) is 0 Å². The van der Waals surface area contributed by atoms with E-state index in [0.29, 0.717) is 29.5 Å². The van der Waals surface area contributed by atoms with E-state index in [4.69, 9.17) is 9.84 Å². The van der Waals surface area contributed by atoms with Gasteiger partial charge in [0.05, 0.1) is 11.5 Å². The normalized spacial score (nSPS) is 18.8. The van der Waals surface area contributed by atoms with Gasteiger partial charge in [-0.3, -0.25) is 4.79 Å². The molecular formula is C15H19NO4S. The maximum atomic E-state index is 12.5. The van der Waals surface area contributed by atoms with Gasteiger partial charge in [0.1, 0.15) is 0 Å². The predicted molar refractivity (Wildman–Crippen MR) is 81.5 cm³/mol. The highest BCUT2D eigenvalue weighted by atomic mass is 32.1. The van der Waals surface area contributed by atoms with Crippen LogP contribution in [-0.4, -0.2) is 48.7 Å². The van der Waals surface area contributed by atoms with Gasteiger partial charge in [0.25, 0.3) is 5.91 Å². The Labute approximate surface area is 127 Å². The molecule has 21 heavy (non-hydrogen) atoms. The molecule has 114 valence electrons. The zero-order chi connectivity index (χ0) is 15.2. The molecule has 1 N–H and O–H groups in total. The Bertz CT molecular complexity index is 532. The third-order valence-electron chi connectivity index (χ3n) is 3.43. The number of nitrogens with zero attached hydrogens (tertiary/aromatic N) is 1. The van der Waals surface area contributed by atoms with Crippen molar-refractivity contribution in [1.82, 2.24) is 4.90 Å². The Morgan fingerprint density at radius 2 is 2.38 bits per heavy atom. The molecule has 1 unspecified atom stereocenters. The van der Waals surface area contributed by atoms with Crippen LogP contribution >= 0.6 is 11.3 Å². The number of aliphatic carboxylic acids is 1. The summed E-state index contributed by atoms with van der Waals surface area (Å²) in [7, 11) is 1.78. The fraction of sp³-hybridized carbons (Fsp3) is 0.467. The summed E-state index contributed by atoms with van der Waals surface area (Å²) in [5.74, 6) is -0.710. The number of carbonyl (C=O) groups excluding carboxylic acids is 1. The second kappa shape index (κ2) is 7.38. The number of rotatable bonds is 5. The zero-order valence-corrected chi connectivity index (χ0v) is 12.8. The Hall–Kier alpha value is -1.66. The van der Waals surface area contributed by atoms with Crippen LogP contribution in [-0.2, 0) is 9.53 Å². The van der Waals surface area contributed by atoms with Crippen LogP contribution in [0.15, 0.2) is 17.5 Å². The molecule has 0 radical (unpaired) electrons. The number of ether oxygens (including phenoxy) is 1. The Morgan fingerprint density at radius 3 is 3.05 bits per heavy atom. The standard InChI is InChI=1S/C15H19NO4S/c1-16(9-11-3-2-7-20-10-11)15(19)14-12(6-8-21-14)4-5-13(17)18/h4-6,8,11H,2-3,7,9-10H2,1H3,(H,17,18). The molecule has 5 nitrogen and oxygen atoms in total. The monoisotopic (exact) mass is 309 g/mol. The number of carboxylic acids is 1. The van der Waals surface area contributed by atoms with Crippen LogP contribution in [0, 0.1) is 5.92 Å². The number of hydrogen-bond acceptors (Lipinski definition) is 4. The van der Waals surface area contributed by atoms with Crippen molar-refractivity contribution >= 4 is 29.3 Å². The minimum atomic E-state index is -1.02. The first-order valence-electron chi connectivity index (χ1n) is 6.89. The van der Waals surface area contributed by atoms with Crippen molar-refractivity contribution in [2.45, 2.75) is 12.8 Å². The van der Waals surface area contributed by atoms with Crippen molar-refractivity contribution < 1.29 is 19.4 Å². The van der Waals surface area contributed by atoms with Gasteiger partial charge in [-0.05, 0) is 41.8 Å². The SMILES string of the molecule is CN(CC1CCCOC1)C(=O)c1sccc1C=CC(=O)O. The molecule has 1 aliphatic heterocycles. The smallest absolute Gasteiger partial charge is 0.328 e. The molecular weight excluding hydrogens is 290 g/mol. The maximum Gasteiger partial charge on any atom is 0.328 e. The number of carbonyl (C=O) groups is 2. The highest BCUT2D eigenvalue weighted by molar-refractivity contribution is 7.12. The number of hydrogen-bond donors (Lipinski definition) is 1. The van der Waals surface area contributed by atoms with Crippen LogP contribution < -0.4 is 0 Å². The first kappa shape index (κ1) is 15.7. The summed E-state index contributed by atoms with van der Waals surface area (Å²) in [6, 6.07) is 1.76. The van der Waals surface area contributed by atoms with E-state index < -0.39 is 5.97 Å². The fourth-order valence-electron chi connectivity index (χ4n) is 2.38. The van der Waals surface area contributed by atoms with E-state index in [2.05, 4.69) is 0 Å². The van der Waals surface area contributed by atoms with E-state index in [1.54, 1.807) is 23.4 Å². The van der Waals surface area contributed by atoms with E-state index in [1.165, 1.54) is 17.4 Å². The van der Waals surface area contributed by atoms with Crippen LogP contribution in [0.3, 0.4) is 0 Å². The molecule has 1 atom stereocenters. The summed E-state index contributed by atoms with van der Waals surface area (Å²) in [4.78, 5) is 25.3. The van der Waals surface area contributed by atoms with E-state index in [9.17, 15) is 9.59 Å². The van der Waals surface area contributed by atoms with Crippen LogP contribution in [0.5, 0.6) is 0 Å². The Kier molecular flexibility index (Phi) is 5.52. The summed E-state index contributed by atoms with van der Waals surface area (Å²) in [6.45, 7) is 2.18. The minimum Gasteiger partial charge on any atom is -0.478 e. The highest BCUT2D eigenvalue weighted by Crippen LogP contribution is 2.22. The number of thiophene rings is 1. The average molecular weight is 309 g/mol. The second-order valence-corrected chi connectivity index (χ2v) is 6.06. The van der Waals surface area contributed by atoms with Gasteiger partial charge in [-0.15, -0.1) is 11.3 Å². The lowest BCUT2D eigenvalue weighted by atomic mass is 10.0. The molecule has 2 heterocycles. The summed E-state index contributed by atoms with van der Waals surface area (Å²) >= 11 is 1.33. The summed E-state index contributed by atoms with van der Waals surface area (Å²) in [5, 5.41) is 10.5. The molecule has 0 aliphatic carbocycles. The van der Waals surface area contributed by atoms with E-state index in [1.807, 2.05) is 0 Å². The van der Waals surface area contributed by atoms with Crippen molar-refractivity contribution in [1.29, 1.82) is 0 Å². The van der Waals surface area contributed by atoms with Crippen molar-refractivity contribution in [3.63, 3.8) is 0 Å². The van der Waals surface area contributed by atoms with Gasteiger partial charge in [-0.25, -0.2) is 4.79 Å². The lowest BCUT2D eigenvalue weighted by Crippen LogP contribution is -2.35. The lowest BCUT2D eigenvalue weighted by molar-refractivity contribution is -0.131. The van der Waals surface area contributed by atoms with Gasteiger partial charge < -0.3 is 14.7 Å². The van der Waals surface area contributed by atoms with Crippen LogP contribution in [0.4, 0.5) is 0 Å². The summed E-state index contributed by atoms with van der Waals surface area (Å²) in [6.07, 6.45) is 4.63. The second-order valence-electron chi connectivity index (χ2n) is 5.15. The summed E-state index contributed by atoms with van der Waals surface area (Å²) in [5.41, 5.74) is 0.652. The Morgan fingerprint density at radius 1 is 1.57 bits per heavy atom. The van der Waals surface area contributed by atoms with Gasteiger partial charge >= 0.3 is 5.97 Å². The largest absolute Gasteiger partial charge is 0.478 e. The highest BCUT2D eigenvalue weighted by Gasteiger charge is 2.21. The molecule has 6 heteroatoms. The molecule has 0 saturated carbocycles. The fourth-order valence-corrected chi connectivity index (χ4v) is 3.26.